The Morgan fingerprint density at radius 1 is 1.30 bits per heavy atom. The zero-order valence-electron chi connectivity index (χ0n) is 4.81. The van der Waals surface area contributed by atoms with Crippen LogP contribution in [0.1, 0.15) is 0 Å². The summed E-state index contributed by atoms with van der Waals surface area (Å²) in [6.45, 7) is 0. The predicted octanol–water partition coefficient (Wildman–Crippen LogP) is 1.89. The first-order valence-electron chi connectivity index (χ1n) is 2.48. The number of hydrogen-bond acceptors (Lipinski definition) is 2. The molecule has 1 rings (SSSR count). The molecule has 0 unspecified atom stereocenters. The molecule has 0 fully saturated rings. The Morgan fingerprint density at radius 2 is 1.90 bits per heavy atom. The van der Waals surface area contributed by atoms with Crippen molar-refractivity contribution in [2.75, 3.05) is 0 Å². The number of phenols is 2. The van der Waals surface area contributed by atoms with Crippen molar-refractivity contribution in [2.45, 2.75) is 0 Å². The van der Waals surface area contributed by atoms with E-state index in [1.165, 1.54) is 0 Å². The van der Waals surface area contributed by atoms with Crippen LogP contribution in [-0.2, 0) is 0 Å². The summed E-state index contributed by atoms with van der Waals surface area (Å²) in [5.41, 5.74) is 0. The van der Waals surface area contributed by atoms with Crippen LogP contribution < -0.4 is 0 Å². The molecule has 2 N–H and O–H groups in total. The highest BCUT2D eigenvalue weighted by molar-refractivity contribution is 6.32. The van der Waals surface area contributed by atoms with Crippen molar-refractivity contribution in [1.29, 1.82) is 0 Å². The van der Waals surface area contributed by atoms with Crippen molar-refractivity contribution in [3.63, 3.8) is 0 Å². The monoisotopic (exact) mass is 162 g/mol. The first-order valence-corrected chi connectivity index (χ1v) is 2.86. The van der Waals surface area contributed by atoms with Gasteiger partial charge >= 0.3 is 0 Å². The molecular weight excluding hydrogens is 159 g/mol. The lowest BCUT2D eigenvalue weighted by atomic mass is 10.3. The molecule has 0 aromatic heterocycles. The molecule has 10 heavy (non-hydrogen) atoms. The standard InChI is InChI=1S/C6H4ClFO2/c7-6-4(8)1-3(9)2-5(6)10/h1-2,9-10H. The van der Waals surface area contributed by atoms with Crippen LogP contribution in [-0.4, -0.2) is 10.2 Å². The minimum absolute atomic E-state index is 0.348. The number of aromatic hydroxyl groups is 2. The highest BCUT2D eigenvalue weighted by Gasteiger charge is 2.05. The Bertz CT molecular complexity index is 239. The maximum absolute atomic E-state index is 12.4. The lowest BCUT2D eigenvalue weighted by molar-refractivity contribution is 0.441. The van der Waals surface area contributed by atoms with Crippen LogP contribution in [0.15, 0.2) is 12.1 Å². The second-order valence-electron chi connectivity index (χ2n) is 1.76. The van der Waals surface area contributed by atoms with E-state index in [2.05, 4.69) is 0 Å². The van der Waals surface area contributed by atoms with Crippen LogP contribution in [0.4, 0.5) is 4.39 Å². The molecule has 0 atom stereocenters. The van der Waals surface area contributed by atoms with Crippen LogP contribution in [0.25, 0.3) is 0 Å². The van der Waals surface area contributed by atoms with Gasteiger partial charge < -0.3 is 10.2 Å². The van der Waals surface area contributed by atoms with E-state index in [4.69, 9.17) is 21.8 Å². The first-order chi connectivity index (χ1) is 4.61. The van der Waals surface area contributed by atoms with Crippen LogP contribution in [0.3, 0.4) is 0 Å². The van der Waals surface area contributed by atoms with Crippen LogP contribution >= 0.6 is 11.6 Å². The zero-order chi connectivity index (χ0) is 7.72. The maximum atomic E-state index is 12.4. The Kier molecular flexibility index (Phi) is 1.68. The zero-order valence-corrected chi connectivity index (χ0v) is 5.56. The van der Waals surface area contributed by atoms with Gasteiger partial charge in [0.15, 0.2) is 0 Å². The van der Waals surface area contributed by atoms with Crippen molar-refractivity contribution in [2.24, 2.45) is 0 Å². The second kappa shape index (κ2) is 2.34. The van der Waals surface area contributed by atoms with E-state index in [0.717, 1.165) is 12.1 Å². The molecule has 1 aromatic carbocycles. The summed E-state index contributed by atoms with van der Waals surface area (Å²) in [6, 6.07) is 1.79. The third-order valence-corrected chi connectivity index (χ3v) is 1.37. The third kappa shape index (κ3) is 1.14. The smallest absolute Gasteiger partial charge is 0.149 e. The summed E-state index contributed by atoms with van der Waals surface area (Å²) >= 11 is 5.21. The van der Waals surface area contributed by atoms with Gasteiger partial charge in [-0.15, -0.1) is 0 Å². The molecule has 0 spiro atoms. The summed E-state index contributed by atoms with van der Waals surface area (Å²) in [4.78, 5) is 0. The fraction of sp³-hybridized carbons (Fsp3) is 0. The average molecular weight is 163 g/mol. The fourth-order valence-corrected chi connectivity index (χ4v) is 0.670. The predicted molar refractivity (Wildman–Crippen MR) is 34.7 cm³/mol. The molecule has 0 amide bonds. The van der Waals surface area contributed by atoms with Crippen LogP contribution in [0, 0.1) is 5.82 Å². The van der Waals surface area contributed by atoms with E-state index in [1.54, 1.807) is 0 Å². The van der Waals surface area contributed by atoms with E-state index in [9.17, 15) is 4.39 Å². The van der Waals surface area contributed by atoms with Gasteiger partial charge in [-0.2, -0.15) is 0 Å². The van der Waals surface area contributed by atoms with Crippen molar-refractivity contribution in [1.82, 2.24) is 0 Å². The summed E-state index contributed by atoms with van der Waals surface area (Å²) in [6.07, 6.45) is 0. The Morgan fingerprint density at radius 3 is 2.40 bits per heavy atom. The van der Waals surface area contributed by atoms with Gasteiger partial charge in [0, 0.05) is 12.1 Å². The van der Waals surface area contributed by atoms with E-state index < -0.39 is 11.6 Å². The number of rotatable bonds is 0. The molecule has 0 bridgehead atoms. The second-order valence-corrected chi connectivity index (χ2v) is 2.14. The normalized spacial score (nSPS) is 9.80. The third-order valence-electron chi connectivity index (χ3n) is 0.994. The highest BCUT2D eigenvalue weighted by atomic mass is 35.5. The van der Waals surface area contributed by atoms with Gasteiger partial charge in [-0.3, -0.25) is 0 Å². The average Bonchev–Trinajstić information content (AvgIpc) is 1.82. The minimum Gasteiger partial charge on any atom is -0.508 e. The van der Waals surface area contributed by atoms with Gasteiger partial charge in [0.05, 0.1) is 0 Å². The van der Waals surface area contributed by atoms with Crippen molar-refractivity contribution in [3.05, 3.63) is 23.0 Å². The Balaban J connectivity index is 3.31. The molecule has 4 heteroatoms. The molecule has 0 saturated heterocycles. The molecule has 0 radical (unpaired) electrons. The highest BCUT2D eigenvalue weighted by Crippen LogP contribution is 2.29. The summed E-state index contributed by atoms with van der Waals surface area (Å²) < 4.78 is 12.4. The van der Waals surface area contributed by atoms with E-state index in [-0.39, 0.29) is 10.8 Å². The van der Waals surface area contributed by atoms with Gasteiger partial charge in [-0.25, -0.2) is 4.39 Å². The summed E-state index contributed by atoms with van der Waals surface area (Å²) in [5.74, 6) is -1.64. The van der Waals surface area contributed by atoms with E-state index in [1.807, 2.05) is 0 Å². The largest absolute Gasteiger partial charge is 0.508 e. The quantitative estimate of drug-likeness (QED) is 0.612. The molecule has 0 aliphatic carbocycles. The van der Waals surface area contributed by atoms with Crippen molar-refractivity contribution in [3.8, 4) is 11.5 Å². The van der Waals surface area contributed by atoms with E-state index in [0.29, 0.717) is 0 Å². The molecule has 0 aliphatic rings. The molecule has 0 saturated carbocycles. The molecule has 0 heterocycles. The number of halogens is 2. The Hall–Kier alpha value is -0.960. The molecular formula is C6H4ClFO2. The fourth-order valence-electron chi connectivity index (χ4n) is 0.561. The van der Waals surface area contributed by atoms with Gasteiger partial charge in [0.1, 0.15) is 22.3 Å². The molecule has 2 nitrogen and oxygen atoms in total. The van der Waals surface area contributed by atoms with Crippen LogP contribution in [0.5, 0.6) is 11.5 Å². The first kappa shape index (κ1) is 7.15. The molecule has 54 valence electrons. The van der Waals surface area contributed by atoms with E-state index >= 15 is 0 Å². The minimum atomic E-state index is -0.834. The number of benzene rings is 1. The number of phenolic OH excluding ortho intramolecular Hbond substituents is 2. The van der Waals surface area contributed by atoms with Crippen LogP contribution in [0.2, 0.25) is 5.02 Å². The summed E-state index contributed by atoms with van der Waals surface area (Å²) in [7, 11) is 0. The van der Waals surface area contributed by atoms with Gasteiger partial charge in [-0.05, 0) is 0 Å². The van der Waals surface area contributed by atoms with Gasteiger partial charge in [0.2, 0.25) is 0 Å². The lowest BCUT2D eigenvalue weighted by Gasteiger charge is -1.97. The molecule has 0 aliphatic heterocycles. The van der Waals surface area contributed by atoms with Gasteiger partial charge in [0.25, 0.3) is 0 Å². The lowest BCUT2D eigenvalue weighted by Crippen LogP contribution is -1.76. The Labute approximate surface area is 61.5 Å². The molecule has 1 aromatic rings. The number of hydrogen-bond donors (Lipinski definition) is 2. The SMILES string of the molecule is Oc1cc(O)c(Cl)c(F)c1. The van der Waals surface area contributed by atoms with Crippen molar-refractivity contribution >= 4 is 11.6 Å². The van der Waals surface area contributed by atoms with Crippen molar-refractivity contribution < 1.29 is 14.6 Å². The maximum Gasteiger partial charge on any atom is 0.149 e. The topological polar surface area (TPSA) is 40.5 Å². The summed E-state index contributed by atoms with van der Waals surface area (Å²) in [5, 5.41) is 17.0. The van der Waals surface area contributed by atoms with Gasteiger partial charge in [-0.1, -0.05) is 11.6 Å².